The van der Waals surface area contributed by atoms with Crippen LogP contribution in [0.5, 0.6) is 0 Å². The molecule has 6 heteroatoms. The Morgan fingerprint density at radius 2 is 1.96 bits per heavy atom. The van der Waals surface area contributed by atoms with Gasteiger partial charge in [-0.1, -0.05) is 30.3 Å². The standard InChI is InChI=1S/C21H33N5O/c1-2-22-21(24-14-8-16-26-17-9-15-25-26)23-13-6-7-18-27-19-12-20-10-4-3-5-11-20/h3-5,9-11,15,17H,2,6-8,12-14,16,18-19H2,1H3,(H2,22,23,24). The van der Waals surface area contributed by atoms with E-state index < -0.39 is 0 Å². The number of aliphatic imine (C=N–C) groups is 1. The molecule has 0 spiro atoms. The zero-order valence-electron chi connectivity index (χ0n) is 16.4. The number of ether oxygens (including phenoxy) is 1. The Labute approximate surface area is 163 Å². The highest BCUT2D eigenvalue weighted by atomic mass is 16.5. The second kappa shape index (κ2) is 13.8. The monoisotopic (exact) mass is 371 g/mol. The van der Waals surface area contributed by atoms with E-state index in [-0.39, 0.29) is 0 Å². The van der Waals surface area contributed by atoms with E-state index in [0.29, 0.717) is 0 Å². The number of aryl methyl sites for hydroxylation is 1. The second-order valence-corrected chi connectivity index (χ2v) is 6.37. The lowest BCUT2D eigenvalue weighted by molar-refractivity contribution is 0.133. The normalized spacial score (nSPS) is 11.5. The number of unbranched alkanes of at least 4 members (excludes halogenated alkanes) is 1. The van der Waals surface area contributed by atoms with Gasteiger partial charge < -0.3 is 15.4 Å². The van der Waals surface area contributed by atoms with Crippen molar-refractivity contribution in [3.8, 4) is 0 Å². The molecule has 2 N–H and O–H groups in total. The zero-order chi connectivity index (χ0) is 19.0. The number of hydrogen-bond acceptors (Lipinski definition) is 3. The molecule has 0 fully saturated rings. The van der Waals surface area contributed by atoms with Crippen LogP contribution in [0.3, 0.4) is 0 Å². The van der Waals surface area contributed by atoms with Gasteiger partial charge >= 0.3 is 0 Å². The molecule has 1 heterocycles. The lowest BCUT2D eigenvalue weighted by Crippen LogP contribution is -2.38. The number of nitrogens with zero attached hydrogens (tertiary/aromatic N) is 3. The summed E-state index contributed by atoms with van der Waals surface area (Å²) in [6, 6.07) is 12.4. The van der Waals surface area contributed by atoms with Crippen LogP contribution in [-0.4, -0.2) is 48.6 Å². The minimum absolute atomic E-state index is 0.789. The first-order valence-corrected chi connectivity index (χ1v) is 9.99. The highest BCUT2D eigenvalue weighted by Gasteiger charge is 1.98. The van der Waals surface area contributed by atoms with Gasteiger partial charge in [-0.15, -0.1) is 0 Å². The first kappa shape index (κ1) is 21.0. The highest BCUT2D eigenvalue weighted by Crippen LogP contribution is 2.00. The van der Waals surface area contributed by atoms with Crippen LogP contribution in [-0.2, 0) is 17.7 Å². The van der Waals surface area contributed by atoms with Crippen LogP contribution in [0, 0.1) is 0 Å². The van der Waals surface area contributed by atoms with Gasteiger partial charge in [0.2, 0.25) is 0 Å². The molecule has 27 heavy (non-hydrogen) atoms. The Morgan fingerprint density at radius 1 is 1.07 bits per heavy atom. The Kier molecular flexibility index (Phi) is 10.7. The van der Waals surface area contributed by atoms with Crippen LogP contribution in [0.2, 0.25) is 0 Å². The summed E-state index contributed by atoms with van der Waals surface area (Å²) in [6.45, 7) is 7.15. The maximum atomic E-state index is 5.73. The van der Waals surface area contributed by atoms with Crippen molar-refractivity contribution in [2.75, 3.05) is 32.8 Å². The molecule has 0 unspecified atom stereocenters. The minimum Gasteiger partial charge on any atom is -0.381 e. The van der Waals surface area contributed by atoms with Crippen LogP contribution < -0.4 is 10.6 Å². The van der Waals surface area contributed by atoms with E-state index in [1.54, 1.807) is 6.20 Å². The Hall–Kier alpha value is -2.34. The molecule has 0 saturated heterocycles. The molecule has 0 saturated carbocycles. The van der Waals surface area contributed by atoms with E-state index in [0.717, 1.165) is 71.0 Å². The van der Waals surface area contributed by atoms with Gasteiger partial charge in [-0.05, 0) is 44.2 Å². The molecular weight excluding hydrogens is 338 g/mol. The molecule has 0 aliphatic rings. The van der Waals surface area contributed by atoms with Crippen molar-refractivity contribution in [3.63, 3.8) is 0 Å². The van der Waals surface area contributed by atoms with E-state index in [2.05, 4.69) is 51.9 Å². The molecule has 148 valence electrons. The van der Waals surface area contributed by atoms with Crippen molar-refractivity contribution in [1.82, 2.24) is 20.4 Å². The van der Waals surface area contributed by atoms with Gasteiger partial charge in [0.15, 0.2) is 5.96 Å². The molecule has 1 aromatic carbocycles. The summed E-state index contributed by atoms with van der Waals surface area (Å²) in [4.78, 5) is 4.62. The van der Waals surface area contributed by atoms with E-state index in [4.69, 9.17) is 4.74 Å². The fraction of sp³-hybridized carbons (Fsp3) is 0.524. The summed E-state index contributed by atoms with van der Waals surface area (Å²) < 4.78 is 7.66. The van der Waals surface area contributed by atoms with Crippen molar-refractivity contribution in [2.45, 2.75) is 39.2 Å². The summed E-state index contributed by atoms with van der Waals surface area (Å²) in [5, 5.41) is 10.9. The van der Waals surface area contributed by atoms with Crippen LogP contribution in [0.4, 0.5) is 0 Å². The van der Waals surface area contributed by atoms with Crippen molar-refractivity contribution in [2.24, 2.45) is 4.99 Å². The maximum Gasteiger partial charge on any atom is 0.191 e. The Balaban J connectivity index is 1.48. The average molecular weight is 372 g/mol. The average Bonchev–Trinajstić information content (AvgIpc) is 3.21. The van der Waals surface area contributed by atoms with Crippen molar-refractivity contribution in [1.29, 1.82) is 0 Å². The lowest BCUT2D eigenvalue weighted by Gasteiger charge is -2.11. The topological polar surface area (TPSA) is 63.5 Å². The first-order chi connectivity index (χ1) is 13.4. The first-order valence-electron chi connectivity index (χ1n) is 9.99. The van der Waals surface area contributed by atoms with Gasteiger partial charge in [0.1, 0.15) is 0 Å². The van der Waals surface area contributed by atoms with Gasteiger partial charge in [-0.25, -0.2) is 0 Å². The zero-order valence-corrected chi connectivity index (χ0v) is 16.4. The van der Waals surface area contributed by atoms with Crippen LogP contribution in [0.1, 0.15) is 31.7 Å². The van der Waals surface area contributed by atoms with Crippen molar-refractivity contribution in [3.05, 3.63) is 54.4 Å². The van der Waals surface area contributed by atoms with Gasteiger partial charge in [0.05, 0.1) is 6.61 Å². The van der Waals surface area contributed by atoms with Crippen LogP contribution >= 0.6 is 0 Å². The summed E-state index contributed by atoms with van der Waals surface area (Å²) in [7, 11) is 0. The van der Waals surface area contributed by atoms with E-state index in [1.807, 2.05) is 23.0 Å². The summed E-state index contributed by atoms with van der Waals surface area (Å²) >= 11 is 0. The fourth-order valence-corrected chi connectivity index (χ4v) is 2.67. The molecule has 0 amide bonds. The predicted molar refractivity (Wildman–Crippen MR) is 111 cm³/mol. The van der Waals surface area contributed by atoms with E-state index in [1.165, 1.54) is 5.56 Å². The third kappa shape index (κ3) is 9.80. The lowest BCUT2D eigenvalue weighted by atomic mass is 10.2. The Morgan fingerprint density at radius 3 is 2.74 bits per heavy atom. The third-order valence-corrected chi connectivity index (χ3v) is 4.10. The molecule has 2 aromatic rings. The molecule has 0 radical (unpaired) electrons. The second-order valence-electron chi connectivity index (χ2n) is 6.37. The van der Waals surface area contributed by atoms with Crippen molar-refractivity contribution >= 4 is 5.96 Å². The third-order valence-electron chi connectivity index (χ3n) is 4.10. The van der Waals surface area contributed by atoms with Crippen LogP contribution in [0.25, 0.3) is 0 Å². The predicted octanol–water partition coefficient (Wildman–Crippen LogP) is 2.87. The largest absolute Gasteiger partial charge is 0.381 e. The molecule has 6 nitrogen and oxygen atoms in total. The molecule has 1 aromatic heterocycles. The SMILES string of the molecule is CCNC(=NCCCn1cccn1)NCCCCOCCc1ccccc1. The molecular formula is C21H33N5O. The molecule has 2 rings (SSSR count). The van der Waals surface area contributed by atoms with Gasteiger partial charge in [-0.3, -0.25) is 9.67 Å². The quantitative estimate of drug-likeness (QED) is 0.323. The molecule has 0 aliphatic carbocycles. The summed E-state index contributed by atoms with van der Waals surface area (Å²) in [6.07, 6.45) is 7.88. The number of aromatic nitrogens is 2. The molecule has 0 atom stereocenters. The number of nitrogens with one attached hydrogen (secondary N) is 2. The Bertz CT molecular complexity index is 613. The maximum absolute atomic E-state index is 5.73. The van der Waals surface area contributed by atoms with E-state index >= 15 is 0 Å². The highest BCUT2D eigenvalue weighted by molar-refractivity contribution is 5.79. The van der Waals surface area contributed by atoms with Gasteiger partial charge in [-0.2, -0.15) is 5.10 Å². The number of hydrogen-bond donors (Lipinski definition) is 2. The van der Waals surface area contributed by atoms with Crippen LogP contribution in [0.15, 0.2) is 53.8 Å². The molecule has 0 aliphatic heterocycles. The van der Waals surface area contributed by atoms with E-state index in [9.17, 15) is 0 Å². The summed E-state index contributed by atoms with van der Waals surface area (Å²) in [5.41, 5.74) is 1.33. The number of benzene rings is 1. The number of rotatable bonds is 13. The van der Waals surface area contributed by atoms with Gasteiger partial charge in [0.25, 0.3) is 0 Å². The molecule has 0 bridgehead atoms. The van der Waals surface area contributed by atoms with Gasteiger partial charge in [0, 0.05) is 45.2 Å². The number of guanidine groups is 1. The smallest absolute Gasteiger partial charge is 0.191 e. The minimum atomic E-state index is 0.789. The fourth-order valence-electron chi connectivity index (χ4n) is 2.67. The summed E-state index contributed by atoms with van der Waals surface area (Å²) in [5.74, 6) is 0.892. The van der Waals surface area contributed by atoms with Crippen molar-refractivity contribution < 1.29 is 4.74 Å².